The topological polar surface area (TPSA) is 13.1 Å². The molecule has 1 nitrogen and oxygen atoms in total. The van der Waals surface area contributed by atoms with Crippen LogP contribution in [0.4, 0.5) is 0 Å². The molecular weight excluding hydrogens is 256 g/mol. The van der Waals surface area contributed by atoms with Crippen LogP contribution in [0.5, 0.6) is 0 Å². The molecule has 2 aliphatic carbocycles. The van der Waals surface area contributed by atoms with Crippen molar-refractivity contribution < 1.29 is 4.42 Å². The first-order valence-electron chi connectivity index (χ1n) is 8.55. The van der Waals surface area contributed by atoms with Gasteiger partial charge in [-0.1, -0.05) is 39.3 Å². The van der Waals surface area contributed by atoms with E-state index in [0.717, 1.165) is 12.3 Å². The highest BCUT2D eigenvalue weighted by molar-refractivity contribution is 5.22. The van der Waals surface area contributed by atoms with Gasteiger partial charge in [0.05, 0.1) is 6.26 Å². The van der Waals surface area contributed by atoms with Gasteiger partial charge in [-0.15, -0.1) is 0 Å². The molecule has 0 N–H and O–H groups in total. The quantitative estimate of drug-likeness (QED) is 0.614. The fraction of sp³-hybridized carbons (Fsp3) is 0.700. The van der Waals surface area contributed by atoms with Crippen molar-refractivity contribution in [3.05, 3.63) is 35.8 Å². The summed E-state index contributed by atoms with van der Waals surface area (Å²) in [5, 5.41) is 0. The van der Waals surface area contributed by atoms with Gasteiger partial charge in [-0.2, -0.15) is 0 Å². The molecule has 3 atom stereocenters. The van der Waals surface area contributed by atoms with Gasteiger partial charge < -0.3 is 4.42 Å². The van der Waals surface area contributed by atoms with Crippen molar-refractivity contribution in [1.82, 2.24) is 0 Å². The van der Waals surface area contributed by atoms with Crippen LogP contribution in [0.15, 0.2) is 28.9 Å². The molecule has 2 aliphatic rings. The van der Waals surface area contributed by atoms with Gasteiger partial charge in [-0.05, 0) is 66.9 Å². The van der Waals surface area contributed by atoms with Gasteiger partial charge in [-0.25, -0.2) is 0 Å². The Kier molecular flexibility index (Phi) is 3.58. The van der Waals surface area contributed by atoms with Crippen LogP contribution in [0.2, 0.25) is 0 Å². The number of rotatable bonds is 2. The van der Waals surface area contributed by atoms with Crippen molar-refractivity contribution in [3.8, 4) is 0 Å². The molecule has 21 heavy (non-hydrogen) atoms. The normalized spacial score (nSPS) is 35.5. The Labute approximate surface area is 129 Å². The second-order valence-electron chi connectivity index (χ2n) is 8.38. The lowest BCUT2D eigenvalue weighted by atomic mass is 9.47. The maximum atomic E-state index is 5.75. The minimum atomic E-state index is 0.399. The zero-order chi connectivity index (χ0) is 15.3. The van der Waals surface area contributed by atoms with Gasteiger partial charge in [0, 0.05) is 6.42 Å². The summed E-state index contributed by atoms with van der Waals surface area (Å²) < 4.78 is 5.75. The fourth-order valence-corrected chi connectivity index (χ4v) is 5.45. The van der Waals surface area contributed by atoms with Gasteiger partial charge in [0.15, 0.2) is 0 Å². The molecule has 2 fully saturated rings. The highest BCUT2D eigenvalue weighted by Gasteiger charge is 2.52. The lowest BCUT2D eigenvalue weighted by molar-refractivity contribution is -0.0528. The van der Waals surface area contributed by atoms with Gasteiger partial charge >= 0.3 is 0 Å². The van der Waals surface area contributed by atoms with E-state index in [1.165, 1.54) is 49.0 Å². The second kappa shape index (κ2) is 5.04. The summed E-state index contributed by atoms with van der Waals surface area (Å²) in [5.74, 6) is 2.58. The molecule has 116 valence electrons. The molecule has 0 unspecified atom stereocenters. The smallest absolute Gasteiger partial charge is 0.107 e. The third-order valence-electron chi connectivity index (χ3n) is 6.68. The molecule has 0 radical (unpaired) electrons. The van der Waals surface area contributed by atoms with Crippen molar-refractivity contribution >= 4 is 0 Å². The average molecular weight is 286 g/mol. The first-order chi connectivity index (χ1) is 9.84. The largest absolute Gasteiger partial charge is 0.469 e. The van der Waals surface area contributed by atoms with E-state index in [4.69, 9.17) is 4.42 Å². The number of furan rings is 1. The maximum Gasteiger partial charge on any atom is 0.107 e. The van der Waals surface area contributed by atoms with E-state index in [0.29, 0.717) is 16.7 Å². The van der Waals surface area contributed by atoms with Crippen molar-refractivity contribution in [2.24, 2.45) is 22.7 Å². The van der Waals surface area contributed by atoms with Crippen LogP contribution in [-0.2, 0) is 6.42 Å². The monoisotopic (exact) mass is 286 g/mol. The zero-order valence-electron chi connectivity index (χ0n) is 14.2. The van der Waals surface area contributed by atoms with Crippen LogP contribution in [0.25, 0.3) is 0 Å². The molecule has 0 aromatic carbocycles. The lowest BCUT2D eigenvalue weighted by Crippen LogP contribution is -2.50. The summed E-state index contributed by atoms with van der Waals surface area (Å²) in [6.45, 7) is 14.1. The molecule has 0 amide bonds. The predicted octanol–water partition coefficient (Wildman–Crippen LogP) is 5.93. The van der Waals surface area contributed by atoms with Crippen LogP contribution < -0.4 is 0 Å². The Morgan fingerprint density at radius 2 is 2.05 bits per heavy atom. The Hall–Kier alpha value is -0.980. The van der Waals surface area contributed by atoms with E-state index in [1.807, 2.05) is 6.26 Å². The van der Waals surface area contributed by atoms with Crippen molar-refractivity contribution in [2.45, 2.75) is 66.2 Å². The van der Waals surface area contributed by atoms with Crippen LogP contribution in [0.1, 0.15) is 64.2 Å². The number of aryl methyl sites for hydroxylation is 1. The van der Waals surface area contributed by atoms with E-state index >= 15 is 0 Å². The van der Waals surface area contributed by atoms with Gasteiger partial charge in [0.1, 0.15) is 5.76 Å². The van der Waals surface area contributed by atoms with Crippen LogP contribution in [0, 0.1) is 29.6 Å². The molecule has 1 aromatic rings. The Balaban J connectivity index is 1.93. The SMILES string of the molecule is C=C1CC[C@@H]2C(C)(C)CCC[C@@]2(C)[C@@H]1Cc1occc1C. The van der Waals surface area contributed by atoms with Crippen LogP contribution >= 0.6 is 0 Å². The molecule has 0 saturated heterocycles. The summed E-state index contributed by atoms with van der Waals surface area (Å²) >= 11 is 0. The third kappa shape index (κ3) is 2.39. The third-order valence-corrected chi connectivity index (χ3v) is 6.68. The average Bonchev–Trinajstić information content (AvgIpc) is 2.78. The van der Waals surface area contributed by atoms with E-state index < -0.39 is 0 Å². The molecule has 0 aliphatic heterocycles. The summed E-state index contributed by atoms with van der Waals surface area (Å²) in [6, 6.07) is 2.09. The van der Waals surface area contributed by atoms with Crippen molar-refractivity contribution in [1.29, 1.82) is 0 Å². The molecule has 0 bridgehead atoms. The number of allylic oxidation sites excluding steroid dienone is 1. The number of hydrogen-bond donors (Lipinski definition) is 0. The molecule has 2 saturated carbocycles. The highest BCUT2D eigenvalue weighted by atomic mass is 16.3. The standard InChI is InChI=1S/C20H30O/c1-14-7-8-18-19(3,4)10-6-11-20(18,5)16(14)13-17-15(2)9-12-21-17/h9,12,16,18H,1,6-8,10-11,13H2,2-5H3/t16-,18-,20+/m1/s1. The van der Waals surface area contributed by atoms with Crippen molar-refractivity contribution in [3.63, 3.8) is 0 Å². The Bertz CT molecular complexity index is 536. The zero-order valence-corrected chi connectivity index (χ0v) is 14.2. The predicted molar refractivity (Wildman–Crippen MR) is 88.2 cm³/mol. The summed E-state index contributed by atoms with van der Waals surface area (Å²) in [7, 11) is 0. The van der Waals surface area contributed by atoms with Gasteiger partial charge in [0.2, 0.25) is 0 Å². The van der Waals surface area contributed by atoms with Crippen LogP contribution in [0.3, 0.4) is 0 Å². The van der Waals surface area contributed by atoms with Gasteiger partial charge in [0.25, 0.3) is 0 Å². The van der Waals surface area contributed by atoms with Crippen LogP contribution in [-0.4, -0.2) is 0 Å². The first kappa shape index (κ1) is 14.9. The number of hydrogen-bond acceptors (Lipinski definition) is 1. The maximum absolute atomic E-state index is 5.75. The van der Waals surface area contributed by atoms with E-state index in [9.17, 15) is 0 Å². The summed E-state index contributed by atoms with van der Waals surface area (Å²) in [4.78, 5) is 0. The molecule has 1 heterocycles. The van der Waals surface area contributed by atoms with Gasteiger partial charge in [-0.3, -0.25) is 0 Å². The highest BCUT2D eigenvalue weighted by Crippen LogP contribution is 2.61. The minimum absolute atomic E-state index is 0.399. The Morgan fingerprint density at radius 1 is 1.29 bits per heavy atom. The molecule has 3 rings (SSSR count). The summed E-state index contributed by atoms with van der Waals surface area (Å²) in [5.41, 5.74) is 3.63. The van der Waals surface area contributed by atoms with E-state index in [2.05, 4.69) is 40.3 Å². The van der Waals surface area contributed by atoms with Crippen molar-refractivity contribution in [2.75, 3.05) is 0 Å². The van der Waals surface area contributed by atoms with E-state index in [1.54, 1.807) is 0 Å². The molecule has 1 heteroatoms. The Morgan fingerprint density at radius 3 is 2.71 bits per heavy atom. The molecule has 1 aromatic heterocycles. The first-order valence-corrected chi connectivity index (χ1v) is 8.55. The lowest BCUT2D eigenvalue weighted by Gasteiger charge is -2.58. The van der Waals surface area contributed by atoms with E-state index in [-0.39, 0.29) is 0 Å². The minimum Gasteiger partial charge on any atom is -0.469 e. The molecule has 0 spiro atoms. The fourth-order valence-electron chi connectivity index (χ4n) is 5.45. The number of fused-ring (bicyclic) bond motifs is 1. The summed E-state index contributed by atoms with van der Waals surface area (Å²) in [6.07, 6.45) is 9.50. The second-order valence-corrected chi connectivity index (χ2v) is 8.38. The molecular formula is C20H30O.